The number of rotatable bonds is 6. The number of hydrogen-bond donors (Lipinski definition) is 2. The number of carbonyl (C=O) groups is 2. The maximum atomic E-state index is 12.9. The van der Waals surface area contributed by atoms with Crippen LogP contribution in [0.5, 0.6) is 0 Å². The summed E-state index contributed by atoms with van der Waals surface area (Å²) in [6, 6.07) is 11.8. The van der Waals surface area contributed by atoms with Crippen molar-refractivity contribution in [2.24, 2.45) is 10.9 Å². The zero-order chi connectivity index (χ0) is 27.5. The Labute approximate surface area is 234 Å². The van der Waals surface area contributed by atoms with Gasteiger partial charge in [-0.3, -0.25) is 14.5 Å². The first-order valence-electron chi connectivity index (χ1n) is 14.1. The van der Waals surface area contributed by atoms with Crippen molar-refractivity contribution in [1.29, 1.82) is 0 Å². The summed E-state index contributed by atoms with van der Waals surface area (Å²) in [5.74, 6) is 2.39. The third-order valence-electron chi connectivity index (χ3n) is 7.97. The first-order chi connectivity index (χ1) is 19.5. The number of pyridine rings is 1. The molecule has 2 aromatic rings. The number of anilines is 2. The molecule has 0 aliphatic carbocycles. The fourth-order valence-corrected chi connectivity index (χ4v) is 5.51. The van der Waals surface area contributed by atoms with Gasteiger partial charge in [-0.1, -0.05) is 19.1 Å². The smallest absolute Gasteiger partial charge is 0.257 e. The highest BCUT2D eigenvalue weighted by molar-refractivity contribution is 5.97. The Hall–Kier alpha value is -4.02. The molecule has 40 heavy (non-hydrogen) atoms. The molecule has 0 spiro atoms. The van der Waals surface area contributed by atoms with Crippen LogP contribution in [0.4, 0.5) is 11.5 Å². The van der Waals surface area contributed by atoms with Crippen molar-refractivity contribution < 1.29 is 19.2 Å². The van der Waals surface area contributed by atoms with E-state index in [0.717, 1.165) is 53.6 Å². The standard InChI is InChI=1S/C30H35N7O3/c1-22-7-10-34(11-8-22)28(38)18-23-3-2-4-25(17-23)37-20-26(29-31-9-12-36(29)21-37)33-27-6-5-24(19-32-27)30(39)35-13-15-40-16-14-35/h2-6,9,12,17,19-20,22H,7-8,10-11,13-16,18,21H2,1H3,(H,32,33)/p+1. The highest BCUT2D eigenvalue weighted by Crippen LogP contribution is 2.22. The Morgan fingerprint density at radius 1 is 1.07 bits per heavy atom. The van der Waals surface area contributed by atoms with E-state index in [1.165, 1.54) is 0 Å². The van der Waals surface area contributed by atoms with Crippen molar-refractivity contribution in [3.63, 3.8) is 0 Å². The van der Waals surface area contributed by atoms with Gasteiger partial charge in [-0.15, -0.1) is 0 Å². The molecule has 0 bridgehead atoms. The number of hydrogen-bond acceptors (Lipinski definition) is 7. The molecule has 10 heteroatoms. The molecule has 5 heterocycles. The molecule has 2 saturated heterocycles. The van der Waals surface area contributed by atoms with Gasteiger partial charge in [0.05, 0.1) is 31.4 Å². The fraction of sp³-hybridized carbons (Fsp3) is 0.400. The molecule has 2 amide bonds. The highest BCUT2D eigenvalue weighted by atomic mass is 16.5. The van der Waals surface area contributed by atoms with E-state index < -0.39 is 0 Å². The first kappa shape index (κ1) is 26.2. The number of nitrogens with one attached hydrogen (secondary N) is 2. The fourth-order valence-electron chi connectivity index (χ4n) is 5.51. The molecule has 208 valence electrons. The summed E-state index contributed by atoms with van der Waals surface area (Å²) in [7, 11) is 0. The van der Waals surface area contributed by atoms with Crippen LogP contribution in [0.25, 0.3) is 0 Å². The van der Waals surface area contributed by atoms with Gasteiger partial charge in [0.25, 0.3) is 11.7 Å². The molecule has 6 rings (SSSR count). The van der Waals surface area contributed by atoms with E-state index >= 15 is 0 Å². The molecule has 1 aromatic heterocycles. The third-order valence-corrected chi connectivity index (χ3v) is 7.97. The van der Waals surface area contributed by atoms with Gasteiger partial charge in [0.2, 0.25) is 5.91 Å². The Balaban J connectivity index is 1.16. The van der Waals surface area contributed by atoms with E-state index in [1.807, 2.05) is 41.7 Å². The maximum absolute atomic E-state index is 12.9. The third kappa shape index (κ3) is 5.78. The van der Waals surface area contributed by atoms with E-state index in [2.05, 4.69) is 39.2 Å². The van der Waals surface area contributed by atoms with E-state index in [4.69, 9.17) is 4.74 Å². The Morgan fingerprint density at radius 3 is 2.67 bits per heavy atom. The van der Waals surface area contributed by atoms with Crippen LogP contribution in [0.15, 0.2) is 71.9 Å². The van der Waals surface area contributed by atoms with Crippen LogP contribution >= 0.6 is 0 Å². The number of benzene rings is 1. The second-order valence-corrected chi connectivity index (χ2v) is 10.9. The van der Waals surface area contributed by atoms with Crippen LogP contribution in [-0.2, 0) is 16.0 Å². The SMILES string of the molecule is CC1CCN(C(=O)Cc2cccc(N3C=C(Nc4ccc(C(=O)N5CCOCC5)cn4)C4=NC=C[NH+]4C3)c2)CC1. The summed E-state index contributed by atoms with van der Waals surface area (Å²) in [5.41, 5.74) is 3.42. The monoisotopic (exact) mass is 542 g/mol. The predicted molar refractivity (Wildman–Crippen MR) is 153 cm³/mol. The van der Waals surface area contributed by atoms with Crippen LogP contribution < -0.4 is 15.1 Å². The number of carbonyl (C=O) groups excluding carboxylic acids is 2. The molecule has 0 saturated carbocycles. The van der Waals surface area contributed by atoms with Crippen molar-refractivity contribution in [2.45, 2.75) is 26.2 Å². The van der Waals surface area contributed by atoms with Crippen molar-refractivity contribution >= 4 is 29.2 Å². The molecule has 2 fully saturated rings. The Morgan fingerprint density at radius 2 is 1.90 bits per heavy atom. The average molecular weight is 543 g/mol. The predicted octanol–water partition coefficient (Wildman–Crippen LogP) is 1.85. The second-order valence-electron chi connectivity index (χ2n) is 10.9. The van der Waals surface area contributed by atoms with Gasteiger partial charge in [-0.2, -0.15) is 4.99 Å². The number of fused-ring (bicyclic) bond motifs is 1. The summed E-state index contributed by atoms with van der Waals surface area (Å²) in [6.45, 7) is 6.97. The minimum Gasteiger partial charge on any atom is -0.378 e. The molecular formula is C30H36N7O3+. The zero-order valence-electron chi connectivity index (χ0n) is 22.9. The van der Waals surface area contributed by atoms with Crippen molar-refractivity contribution in [1.82, 2.24) is 14.8 Å². The largest absolute Gasteiger partial charge is 0.378 e. The Kier molecular flexibility index (Phi) is 7.61. The van der Waals surface area contributed by atoms with E-state index in [-0.39, 0.29) is 11.8 Å². The lowest BCUT2D eigenvalue weighted by atomic mass is 9.98. The van der Waals surface area contributed by atoms with Crippen LogP contribution in [0.2, 0.25) is 0 Å². The molecule has 4 aliphatic rings. The number of piperidine rings is 1. The average Bonchev–Trinajstić information content (AvgIpc) is 3.47. The molecule has 4 aliphatic heterocycles. The van der Waals surface area contributed by atoms with Crippen LogP contribution in [0, 0.1) is 5.92 Å². The summed E-state index contributed by atoms with van der Waals surface area (Å²) in [5, 5.41) is 3.40. The number of aromatic nitrogens is 1. The number of ether oxygens (including phenoxy) is 1. The number of nitrogens with zero attached hydrogens (tertiary/aromatic N) is 5. The normalized spacial score (nSPS) is 21.1. The summed E-state index contributed by atoms with van der Waals surface area (Å²) >= 11 is 0. The van der Waals surface area contributed by atoms with Gasteiger partial charge < -0.3 is 19.9 Å². The van der Waals surface area contributed by atoms with E-state index in [0.29, 0.717) is 56.7 Å². The lowest BCUT2D eigenvalue weighted by molar-refractivity contribution is -0.743. The topological polar surface area (TPSA) is 94.8 Å². The van der Waals surface area contributed by atoms with Gasteiger partial charge in [-0.25, -0.2) is 9.88 Å². The molecule has 10 nitrogen and oxygen atoms in total. The first-order valence-corrected chi connectivity index (χ1v) is 14.1. The van der Waals surface area contributed by atoms with Crippen LogP contribution in [-0.4, -0.2) is 78.5 Å². The number of quaternary nitrogens is 1. The maximum Gasteiger partial charge on any atom is 0.257 e. The number of amides is 2. The number of amidine groups is 1. The highest BCUT2D eigenvalue weighted by Gasteiger charge is 2.31. The van der Waals surface area contributed by atoms with Gasteiger partial charge in [-0.05, 0) is 48.6 Å². The van der Waals surface area contributed by atoms with Crippen molar-refractivity contribution in [3.8, 4) is 0 Å². The Bertz CT molecular complexity index is 1340. The molecule has 1 atom stereocenters. The van der Waals surface area contributed by atoms with Crippen molar-refractivity contribution in [2.75, 3.05) is 56.3 Å². The molecule has 1 unspecified atom stereocenters. The minimum atomic E-state index is -0.0291. The van der Waals surface area contributed by atoms with Gasteiger partial charge in [0, 0.05) is 44.3 Å². The summed E-state index contributed by atoms with van der Waals surface area (Å²) < 4.78 is 5.35. The van der Waals surface area contributed by atoms with Gasteiger partial charge >= 0.3 is 0 Å². The number of morpholine rings is 1. The zero-order valence-corrected chi connectivity index (χ0v) is 22.9. The van der Waals surface area contributed by atoms with Crippen molar-refractivity contribution in [3.05, 3.63) is 78.0 Å². The lowest BCUT2D eigenvalue weighted by Gasteiger charge is -2.31. The molecule has 1 aromatic carbocycles. The lowest BCUT2D eigenvalue weighted by Crippen LogP contribution is -3.12. The second kappa shape index (κ2) is 11.6. The summed E-state index contributed by atoms with van der Waals surface area (Å²) in [4.78, 5) is 41.9. The van der Waals surface area contributed by atoms with Crippen LogP contribution in [0.3, 0.4) is 0 Å². The number of likely N-dealkylation sites (tertiary alicyclic amines) is 1. The van der Waals surface area contributed by atoms with Gasteiger partial charge in [0.15, 0.2) is 6.67 Å². The van der Waals surface area contributed by atoms with E-state index in [1.54, 1.807) is 17.2 Å². The minimum absolute atomic E-state index is 0.0291. The van der Waals surface area contributed by atoms with Crippen LogP contribution in [0.1, 0.15) is 35.7 Å². The molecule has 2 N–H and O–H groups in total. The van der Waals surface area contributed by atoms with Gasteiger partial charge in [0.1, 0.15) is 17.7 Å². The quantitative estimate of drug-likeness (QED) is 0.579. The number of aliphatic imine (C=N–C) groups is 1. The molecule has 0 radical (unpaired) electrons. The molecular weight excluding hydrogens is 506 g/mol. The van der Waals surface area contributed by atoms with E-state index in [9.17, 15) is 9.59 Å². The summed E-state index contributed by atoms with van der Waals surface area (Å²) in [6.07, 6.45) is 10.1.